The van der Waals surface area contributed by atoms with Gasteiger partial charge in [0.05, 0.1) is 17.7 Å². The van der Waals surface area contributed by atoms with Crippen LogP contribution in [0.4, 0.5) is 13.2 Å². The van der Waals surface area contributed by atoms with Gasteiger partial charge in [-0.2, -0.15) is 13.2 Å². The van der Waals surface area contributed by atoms with E-state index in [1.54, 1.807) is 18.4 Å². The Hall–Kier alpha value is -4.45. The first-order chi connectivity index (χ1) is 21.8. The number of primary amides is 1. The van der Waals surface area contributed by atoms with Crippen molar-refractivity contribution in [2.24, 2.45) is 16.6 Å². The smallest absolute Gasteiger partial charge is 0.369 e. The van der Waals surface area contributed by atoms with Crippen molar-refractivity contribution < 1.29 is 18.0 Å². The Morgan fingerprint density at radius 2 is 1.70 bits per heavy atom. The maximum absolute atomic E-state index is 13.6. The Morgan fingerprint density at radius 3 is 2.24 bits per heavy atom. The number of carbonyl (C=O) groups excluding carboxylic acids is 1. The largest absolute Gasteiger partial charge is 0.416 e. The number of nitrogens with zero attached hydrogens (tertiary/aromatic N) is 1. The second-order valence-electron chi connectivity index (χ2n) is 11.6. The van der Waals surface area contributed by atoms with Gasteiger partial charge in [-0.15, -0.1) is 0 Å². The number of benzene rings is 1. The van der Waals surface area contributed by atoms with Gasteiger partial charge in [0.25, 0.3) is 0 Å². The van der Waals surface area contributed by atoms with Gasteiger partial charge < -0.3 is 5.73 Å². The van der Waals surface area contributed by atoms with Crippen molar-refractivity contribution in [3.63, 3.8) is 0 Å². The highest BCUT2D eigenvalue weighted by atomic mass is 19.4. The Balaban J connectivity index is 2.39. The van der Waals surface area contributed by atoms with Gasteiger partial charge in [-0.1, -0.05) is 104 Å². The Kier molecular flexibility index (Phi) is 15.2. The molecular weight excluding hydrogens is 581 g/mol. The van der Waals surface area contributed by atoms with E-state index in [0.29, 0.717) is 25.2 Å². The molecule has 1 aliphatic carbocycles. The number of nitrogens with two attached hydrogens (primary N) is 1. The van der Waals surface area contributed by atoms with Crippen LogP contribution in [0, 0.1) is 5.92 Å². The minimum absolute atomic E-state index is 0.155. The molecule has 0 aromatic heterocycles. The number of aliphatic imine (C=N–C) groups is 1. The van der Waals surface area contributed by atoms with Crippen LogP contribution in [-0.4, -0.2) is 17.8 Å². The topological polar surface area (TPSA) is 55.4 Å². The van der Waals surface area contributed by atoms with Gasteiger partial charge in [-0.3, -0.25) is 9.79 Å². The minimum Gasteiger partial charge on any atom is -0.369 e. The van der Waals surface area contributed by atoms with E-state index < -0.39 is 11.7 Å². The van der Waals surface area contributed by atoms with Crippen LogP contribution in [0.3, 0.4) is 0 Å². The number of aryl methyl sites for hydroxylation is 1. The fourth-order valence-corrected chi connectivity index (χ4v) is 4.91. The first-order valence-corrected chi connectivity index (χ1v) is 15.5. The molecule has 0 heterocycles. The monoisotopic (exact) mass is 628 g/mol. The van der Waals surface area contributed by atoms with Crippen molar-refractivity contribution in [2.75, 3.05) is 0 Å². The van der Waals surface area contributed by atoms with Crippen molar-refractivity contribution in [3.05, 3.63) is 156 Å². The molecule has 3 nitrogen and oxygen atoms in total. The van der Waals surface area contributed by atoms with E-state index in [9.17, 15) is 18.0 Å². The lowest BCUT2D eigenvalue weighted by Gasteiger charge is -2.17. The first-order valence-electron chi connectivity index (χ1n) is 15.5. The van der Waals surface area contributed by atoms with Gasteiger partial charge in [0, 0.05) is 6.20 Å². The summed E-state index contributed by atoms with van der Waals surface area (Å²) in [5.74, 6) is 0.132. The zero-order chi connectivity index (χ0) is 34.3. The normalized spacial score (nSPS) is 15.7. The highest BCUT2D eigenvalue weighted by Gasteiger charge is 2.34. The molecule has 1 fully saturated rings. The molecule has 1 saturated carbocycles. The van der Waals surface area contributed by atoms with Crippen LogP contribution in [0.2, 0.25) is 0 Å². The van der Waals surface area contributed by atoms with Gasteiger partial charge >= 0.3 is 6.18 Å². The van der Waals surface area contributed by atoms with E-state index in [-0.39, 0.29) is 17.9 Å². The summed E-state index contributed by atoms with van der Waals surface area (Å²) in [6.45, 7) is 21.0. The van der Waals surface area contributed by atoms with E-state index in [0.717, 1.165) is 76.1 Å². The fourth-order valence-electron chi connectivity index (χ4n) is 4.91. The summed E-state index contributed by atoms with van der Waals surface area (Å²) in [6.07, 6.45) is 15.7. The van der Waals surface area contributed by atoms with Crippen molar-refractivity contribution in [2.45, 2.75) is 71.9 Å². The van der Waals surface area contributed by atoms with Crippen LogP contribution >= 0.6 is 0 Å². The highest BCUT2D eigenvalue weighted by Crippen LogP contribution is 2.35. The molecule has 1 aromatic rings. The predicted molar refractivity (Wildman–Crippen MR) is 188 cm³/mol. The number of allylic oxidation sites excluding steroid dienone is 15. The quantitative estimate of drug-likeness (QED) is 0.0982. The van der Waals surface area contributed by atoms with Crippen LogP contribution in [0.5, 0.6) is 0 Å². The molecule has 0 unspecified atom stereocenters. The summed E-state index contributed by atoms with van der Waals surface area (Å²) < 4.78 is 40.7. The SMILES string of the molecule is C=C/C=C/N=C(C(=C)CCc1ccc(CC(N)=O)cc1)/C(/C=C/C)=C(\C)C/C(=C/C1CC1)C/C(C)=C/C=C(\C(=C)C=C)C(F)(F)F. The molecule has 0 aliphatic heterocycles. The van der Waals surface area contributed by atoms with E-state index in [1.165, 1.54) is 6.08 Å². The number of halogens is 3. The molecule has 2 rings (SSSR count). The van der Waals surface area contributed by atoms with Gasteiger partial charge in [0.15, 0.2) is 0 Å². The molecule has 1 amide bonds. The van der Waals surface area contributed by atoms with E-state index >= 15 is 0 Å². The Bertz CT molecular complexity index is 1500. The van der Waals surface area contributed by atoms with Crippen molar-refractivity contribution in [1.82, 2.24) is 0 Å². The third-order valence-electron chi connectivity index (χ3n) is 7.45. The molecule has 2 N–H and O–H groups in total. The molecule has 0 bridgehead atoms. The number of amides is 1. The van der Waals surface area contributed by atoms with Crippen molar-refractivity contribution >= 4 is 11.6 Å². The van der Waals surface area contributed by atoms with Gasteiger partial charge in [0.2, 0.25) is 5.91 Å². The molecule has 1 aromatic carbocycles. The van der Waals surface area contributed by atoms with E-state index in [4.69, 9.17) is 10.7 Å². The zero-order valence-corrected chi connectivity index (χ0v) is 27.4. The van der Waals surface area contributed by atoms with Crippen molar-refractivity contribution in [3.8, 4) is 0 Å². The van der Waals surface area contributed by atoms with E-state index in [1.807, 2.05) is 50.3 Å². The summed E-state index contributed by atoms with van der Waals surface area (Å²) in [7, 11) is 0. The summed E-state index contributed by atoms with van der Waals surface area (Å²) in [5, 5.41) is 0. The molecule has 0 radical (unpaired) electrons. The number of hydrogen-bond acceptors (Lipinski definition) is 2. The molecule has 0 saturated heterocycles. The zero-order valence-electron chi connectivity index (χ0n) is 27.4. The number of alkyl halides is 3. The van der Waals surface area contributed by atoms with Gasteiger partial charge in [0.1, 0.15) is 0 Å². The lowest BCUT2D eigenvalue weighted by Crippen LogP contribution is -2.13. The Morgan fingerprint density at radius 1 is 1.04 bits per heavy atom. The first kappa shape index (κ1) is 37.7. The third kappa shape index (κ3) is 13.3. The average molecular weight is 629 g/mol. The number of hydrogen-bond donors (Lipinski definition) is 1. The molecule has 0 atom stereocenters. The fraction of sp³-hybridized carbons (Fsp3) is 0.300. The van der Waals surface area contributed by atoms with E-state index in [2.05, 4.69) is 39.3 Å². The highest BCUT2D eigenvalue weighted by molar-refractivity contribution is 6.14. The molecular formula is C40H47F3N2O. The minimum atomic E-state index is -4.51. The molecule has 1 aliphatic rings. The lowest BCUT2D eigenvalue weighted by atomic mass is 9.90. The van der Waals surface area contributed by atoms with Crippen LogP contribution in [0.1, 0.15) is 64.0 Å². The predicted octanol–water partition coefficient (Wildman–Crippen LogP) is 10.5. The molecule has 0 spiro atoms. The maximum atomic E-state index is 13.6. The summed E-state index contributed by atoms with van der Waals surface area (Å²) in [6, 6.07) is 7.83. The summed E-state index contributed by atoms with van der Waals surface area (Å²) in [4.78, 5) is 16.0. The molecule has 46 heavy (non-hydrogen) atoms. The standard InChI is InChI=1S/C40H47F3N2O/c1-8-11-23-45-39(30(6)14-15-32-16-18-34(19-17-32)27-38(44)46)36(12-9-2)31(7)25-35(26-33-20-21-33)24-28(4)13-22-37(29(5)10-3)40(41,42)43/h8-13,16-19,22-23,26,33H,1,3,5-6,14-15,20-21,24-25,27H2,2,4,7H3,(H2,44,46)/b12-9+,23-11+,28-13+,35-26+,36-31+,37-22+,45-39+. The van der Waals surface area contributed by atoms with Crippen LogP contribution in [0.15, 0.2) is 149 Å². The average Bonchev–Trinajstić information content (AvgIpc) is 3.80. The third-order valence-corrected chi connectivity index (χ3v) is 7.45. The number of carbonyl (C=O) groups is 1. The van der Waals surface area contributed by atoms with Crippen LogP contribution in [-0.2, 0) is 17.6 Å². The van der Waals surface area contributed by atoms with Crippen LogP contribution in [0.25, 0.3) is 0 Å². The van der Waals surface area contributed by atoms with Crippen molar-refractivity contribution in [1.29, 1.82) is 0 Å². The second kappa shape index (κ2) is 18.5. The maximum Gasteiger partial charge on any atom is 0.416 e. The summed E-state index contributed by atoms with van der Waals surface area (Å²) >= 11 is 0. The summed E-state index contributed by atoms with van der Waals surface area (Å²) in [5.41, 5.74) is 12.0. The second-order valence-corrected chi connectivity index (χ2v) is 11.6. The Labute approximate surface area is 273 Å². The van der Waals surface area contributed by atoms with Gasteiger partial charge in [-0.05, 0) is 105 Å². The van der Waals surface area contributed by atoms with Crippen LogP contribution < -0.4 is 5.73 Å². The molecule has 244 valence electrons. The molecule has 6 heteroatoms. The number of rotatable bonds is 18. The van der Waals surface area contributed by atoms with Gasteiger partial charge in [-0.25, -0.2) is 0 Å². The lowest BCUT2D eigenvalue weighted by molar-refractivity contribution is -0.117.